The number of anilines is 1. The van der Waals surface area contributed by atoms with Crippen LogP contribution in [-0.2, 0) is 11.3 Å². The number of carbonyl (C=O) groups excluding carboxylic acids is 1. The molecule has 2 aromatic heterocycles. The van der Waals surface area contributed by atoms with Gasteiger partial charge in [0.05, 0.1) is 18.2 Å². The van der Waals surface area contributed by atoms with E-state index in [2.05, 4.69) is 10.3 Å². The fraction of sp³-hybridized carbons (Fsp3) is 0.316. The maximum absolute atomic E-state index is 12.8. The normalized spacial score (nSPS) is 11.0. The van der Waals surface area contributed by atoms with Crippen molar-refractivity contribution in [3.05, 3.63) is 45.1 Å². The summed E-state index contributed by atoms with van der Waals surface area (Å²) < 4.78 is 6.74. The monoisotopic (exact) mass is 403 g/mol. The van der Waals surface area contributed by atoms with Gasteiger partial charge in [-0.1, -0.05) is 11.8 Å². The number of benzene rings is 1. The maximum Gasteiger partial charge on any atom is 0.263 e. The molecule has 142 valence electrons. The van der Waals surface area contributed by atoms with E-state index in [0.717, 1.165) is 21.0 Å². The van der Waals surface area contributed by atoms with Crippen LogP contribution in [-0.4, -0.2) is 28.3 Å². The summed E-state index contributed by atoms with van der Waals surface area (Å²) in [6.45, 7) is 6.36. The Morgan fingerprint density at radius 3 is 2.63 bits per heavy atom. The number of nitrogens with one attached hydrogen (secondary N) is 1. The minimum atomic E-state index is -0.152. The van der Waals surface area contributed by atoms with Gasteiger partial charge in [-0.3, -0.25) is 14.2 Å². The summed E-state index contributed by atoms with van der Waals surface area (Å²) in [5, 5.41) is 4.10. The number of fused-ring (bicyclic) bond motifs is 1. The number of thiophene rings is 1. The topological polar surface area (TPSA) is 73.2 Å². The molecule has 27 heavy (non-hydrogen) atoms. The predicted molar refractivity (Wildman–Crippen MR) is 111 cm³/mol. The van der Waals surface area contributed by atoms with Gasteiger partial charge in [-0.05, 0) is 50.6 Å². The van der Waals surface area contributed by atoms with Crippen molar-refractivity contribution in [1.82, 2.24) is 9.55 Å². The molecule has 3 rings (SSSR count). The zero-order chi connectivity index (χ0) is 19.6. The molecule has 0 spiro atoms. The molecule has 8 heteroatoms. The van der Waals surface area contributed by atoms with Gasteiger partial charge in [0, 0.05) is 17.1 Å². The Bertz CT molecular complexity index is 1040. The van der Waals surface area contributed by atoms with Gasteiger partial charge in [0.1, 0.15) is 10.6 Å². The lowest BCUT2D eigenvalue weighted by Gasteiger charge is -2.10. The van der Waals surface area contributed by atoms with Crippen LogP contribution in [0.1, 0.15) is 17.4 Å². The molecule has 3 aromatic rings. The minimum Gasteiger partial charge on any atom is -0.497 e. The molecule has 2 heterocycles. The highest BCUT2D eigenvalue weighted by Gasteiger charge is 2.17. The van der Waals surface area contributed by atoms with Crippen LogP contribution in [0, 0.1) is 13.8 Å². The first-order chi connectivity index (χ1) is 12.9. The summed E-state index contributed by atoms with van der Waals surface area (Å²) in [5.41, 5.74) is 1.65. The molecule has 0 radical (unpaired) electrons. The Labute approximate surface area is 165 Å². The van der Waals surface area contributed by atoms with Crippen molar-refractivity contribution in [1.29, 1.82) is 0 Å². The molecular weight excluding hydrogens is 382 g/mol. The van der Waals surface area contributed by atoms with Crippen LogP contribution in [0.2, 0.25) is 0 Å². The van der Waals surface area contributed by atoms with Crippen molar-refractivity contribution in [3.63, 3.8) is 0 Å². The van der Waals surface area contributed by atoms with Crippen molar-refractivity contribution < 1.29 is 9.53 Å². The predicted octanol–water partition coefficient (Wildman–Crippen LogP) is 3.83. The van der Waals surface area contributed by atoms with E-state index in [1.165, 1.54) is 23.1 Å². The summed E-state index contributed by atoms with van der Waals surface area (Å²) in [4.78, 5) is 31.6. The van der Waals surface area contributed by atoms with Crippen LogP contribution < -0.4 is 15.6 Å². The maximum atomic E-state index is 12.8. The third-order valence-electron chi connectivity index (χ3n) is 4.28. The molecule has 0 unspecified atom stereocenters. The van der Waals surface area contributed by atoms with Crippen molar-refractivity contribution in [2.24, 2.45) is 0 Å². The Hall–Kier alpha value is -2.32. The molecular formula is C19H21N3O3S2. The average molecular weight is 404 g/mol. The second kappa shape index (κ2) is 8.14. The highest BCUT2D eigenvalue weighted by molar-refractivity contribution is 7.99. The number of hydrogen-bond acceptors (Lipinski definition) is 6. The third kappa shape index (κ3) is 4.01. The fourth-order valence-corrected chi connectivity index (χ4v) is 4.63. The van der Waals surface area contributed by atoms with Gasteiger partial charge in [0.15, 0.2) is 5.16 Å². The Kier molecular flexibility index (Phi) is 5.86. The van der Waals surface area contributed by atoms with Crippen LogP contribution in [0.3, 0.4) is 0 Å². The highest BCUT2D eigenvalue weighted by atomic mass is 32.2. The summed E-state index contributed by atoms with van der Waals surface area (Å²) in [7, 11) is 1.60. The zero-order valence-corrected chi connectivity index (χ0v) is 17.3. The molecule has 0 atom stereocenters. The van der Waals surface area contributed by atoms with Crippen molar-refractivity contribution in [2.45, 2.75) is 32.5 Å². The van der Waals surface area contributed by atoms with Gasteiger partial charge in [0.25, 0.3) is 5.56 Å². The number of thioether (sulfide) groups is 1. The first kappa shape index (κ1) is 19.4. The first-order valence-corrected chi connectivity index (χ1v) is 10.3. The quantitative estimate of drug-likeness (QED) is 0.500. The molecule has 1 amide bonds. The summed E-state index contributed by atoms with van der Waals surface area (Å²) in [5.74, 6) is 0.752. The van der Waals surface area contributed by atoms with Gasteiger partial charge in [-0.25, -0.2) is 4.98 Å². The number of aromatic nitrogens is 2. The van der Waals surface area contributed by atoms with Gasteiger partial charge in [-0.2, -0.15) is 0 Å². The number of nitrogens with zero attached hydrogens (tertiary/aromatic N) is 2. The fourth-order valence-electron chi connectivity index (χ4n) is 2.70. The lowest BCUT2D eigenvalue weighted by atomic mass is 10.2. The van der Waals surface area contributed by atoms with E-state index in [1.54, 1.807) is 35.9 Å². The van der Waals surface area contributed by atoms with E-state index >= 15 is 0 Å². The number of methoxy groups -OCH3 is 1. The van der Waals surface area contributed by atoms with Crippen LogP contribution in [0.15, 0.2) is 34.2 Å². The number of rotatable bonds is 6. The third-order valence-corrected chi connectivity index (χ3v) is 6.35. The molecule has 0 saturated heterocycles. The Morgan fingerprint density at radius 1 is 1.30 bits per heavy atom. The SMILES string of the molecule is CCn1c(SCC(=O)Nc2ccc(OC)cc2)nc2sc(C)c(C)c2c1=O. The second-order valence-electron chi connectivity index (χ2n) is 5.97. The average Bonchev–Trinajstić information content (AvgIpc) is 2.95. The number of aryl methyl sites for hydroxylation is 2. The van der Waals surface area contributed by atoms with Crippen molar-refractivity contribution in [2.75, 3.05) is 18.2 Å². The van der Waals surface area contributed by atoms with E-state index in [1.807, 2.05) is 20.8 Å². The van der Waals surface area contributed by atoms with Crippen molar-refractivity contribution in [3.8, 4) is 5.75 Å². The molecule has 6 nitrogen and oxygen atoms in total. The smallest absolute Gasteiger partial charge is 0.263 e. The molecule has 0 aliphatic carbocycles. The highest BCUT2D eigenvalue weighted by Crippen LogP contribution is 2.28. The minimum absolute atomic E-state index is 0.0394. The van der Waals surface area contributed by atoms with Crippen molar-refractivity contribution >= 4 is 44.9 Å². The Balaban J connectivity index is 1.77. The zero-order valence-electron chi connectivity index (χ0n) is 15.7. The second-order valence-corrected chi connectivity index (χ2v) is 8.12. The van der Waals surface area contributed by atoms with Gasteiger partial charge >= 0.3 is 0 Å². The number of carbonyl (C=O) groups is 1. The number of ether oxygens (including phenoxy) is 1. The molecule has 1 N–H and O–H groups in total. The van der Waals surface area contributed by atoms with E-state index in [0.29, 0.717) is 22.8 Å². The Morgan fingerprint density at radius 2 is 2.00 bits per heavy atom. The van der Waals surface area contributed by atoms with Gasteiger partial charge in [0.2, 0.25) is 5.91 Å². The molecule has 0 fully saturated rings. The summed E-state index contributed by atoms with van der Waals surface area (Å²) >= 11 is 2.79. The van der Waals surface area contributed by atoms with Gasteiger partial charge in [-0.15, -0.1) is 11.3 Å². The molecule has 0 aliphatic rings. The molecule has 0 bridgehead atoms. The molecule has 0 saturated carbocycles. The van der Waals surface area contributed by atoms with Crippen LogP contribution >= 0.6 is 23.1 Å². The largest absolute Gasteiger partial charge is 0.497 e. The van der Waals surface area contributed by atoms with Crippen LogP contribution in [0.4, 0.5) is 5.69 Å². The molecule has 1 aromatic carbocycles. The summed E-state index contributed by atoms with van der Waals surface area (Å²) in [6.07, 6.45) is 0. The number of hydrogen-bond donors (Lipinski definition) is 1. The van der Waals surface area contributed by atoms with Gasteiger partial charge < -0.3 is 10.1 Å². The summed E-state index contributed by atoms with van der Waals surface area (Å²) in [6, 6.07) is 7.14. The first-order valence-electron chi connectivity index (χ1n) is 8.51. The van der Waals surface area contributed by atoms with Crippen LogP contribution in [0.5, 0.6) is 5.75 Å². The molecule has 0 aliphatic heterocycles. The number of amides is 1. The van der Waals surface area contributed by atoms with E-state index in [4.69, 9.17) is 4.74 Å². The lowest BCUT2D eigenvalue weighted by molar-refractivity contribution is -0.113. The van der Waals surface area contributed by atoms with E-state index < -0.39 is 0 Å². The van der Waals surface area contributed by atoms with E-state index in [9.17, 15) is 9.59 Å². The standard InChI is InChI=1S/C19H21N3O3S2/c1-5-22-18(24)16-11(2)12(3)27-17(16)21-19(22)26-10-15(23)20-13-6-8-14(25-4)9-7-13/h6-9H,5,10H2,1-4H3,(H,20,23). The van der Waals surface area contributed by atoms with E-state index in [-0.39, 0.29) is 17.2 Å². The van der Waals surface area contributed by atoms with Crippen LogP contribution in [0.25, 0.3) is 10.2 Å². The lowest BCUT2D eigenvalue weighted by Crippen LogP contribution is -2.23.